The van der Waals surface area contributed by atoms with Gasteiger partial charge in [-0.15, -0.1) is 10.2 Å². The predicted octanol–water partition coefficient (Wildman–Crippen LogP) is 4.50. The van der Waals surface area contributed by atoms with Crippen LogP contribution >= 0.6 is 34.9 Å². The molecule has 0 spiro atoms. The molecule has 0 atom stereocenters. The van der Waals surface area contributed by atoms with Crippen molar-refractivity contribution in [3.05, 3.63) is 35.1 Å². The van der Waals surface area contributed by atoms with E-state index in [1.165, 1.54) is 36.1 Å². The normalized spacial score (nSPS) is 14.3. The Morgan fingerprint density at radius 2 is 2.04 bits per heavy atom. The Hall–Kier alpha value is -1.44. The van der Waals surface area contributed by atoms with Crippen molar-refractivity contribution in [1.29, 1.82) is 0 Å². The molecule has 3 aromatic rings. The fraction of sp³-hybridized carbons (Fsp3) is 0.333. The summed E-state index contributed by atoms with van der Waals surface area (Å²) >= 11 is 8.93. The van der Waals surface area contributed by atoms with Crippen LogP contribution in [0.5, 0.6) is 0 Å². The van der Waals surface area contributed by atoms with Crippen molar-refractivity contribution >= 4 is 34.9 Å². The number of benzene rings is 1. The average molecular weight is 364 g/mol. The second-order valence-corrected chi connectivity index (χ2v) is 7.75. The van der Waals surface area contributed by atoms with E-state index in [1.807, 2.05) is 24.3 Å². The highest BCUT2D eigenvalue weighted by atomic mass is 35.5. The van der Waals surface area contributed by atoms with E-state index in [0.717, 1.165) is 33.3 Å². The Bertz CT molecular complexity index is 823. The Balaban J connectivity index is 1.62. The maximum absolute atomic E-state index is 5.96. The van der Waals surface area contributed by atoms with Gasteiger partial charge in [0.2, 0.25) is 0 Å². The second kappa shape index (κ2) is 6.22. The average Bonchev–Trinajstić information content (AvgIpc) is 3.18. The molecule has 2 aromatic heterocycles. The summed E-state index contributed by atoms with van der Waals surface area (Å²) in [4.78, 5) is 4.61. The smallest absolute Gasteiger partial charge is 0.198 e. The minimum absolute atomic E-state index is 0.578. The van der Waals surface area contributed by atoms with Gasteiger partial charge in [-0.2, -0.15) is 4.37 Å². The zero-order chi connectivity index (χ0) is 15.8. The fourth-order valence-corrected chi connectivity index (χ4v) is 4.12. The summed E-state index contributed by atoms with van der Waals surface area (Å²) in [5.41, 5.74) is 1.01. The summed E-state index contributed by atoms with van der Waals surface area (Å²) in [6.45, 7) is 2.88. The summed E-state index contributed by atoms with van der Waals surface area (Å²) in [6.07, 6.45) is 2.43. The molecule has 4 rings (SSSR count). The van der Waals surface area contributed by atoms with Crippen LogP contribution in [-0.2, 0) is 6.54 Å². The number of rotatable bonds is 5. The van der Waals surface area contributed by atoms with Gasteiger partial charge in [0.05, 0.1) is 0 Å². The topological polar surface area (TPSA) is 56.5 Å². The van der Waals surface area contributed by atoms with Crippen LogP contribution < -0.4 is 0 Å². The van der Waals surface area contributed by atoms with Crippen molar-refractivity contribution in [2.75, 3.05) is 0 Å². The molecule has 1 saturated carbocycles. The van der Waals surface area contributed by atoms with E-state index >= 15 is 0 Å². The minimum atomic E-state index is 0.578. The first-order chi connectivity index (χ1) is 11.2. The Morgan fingerprint density at radius 3 is 2.74 bits per heavy atom. The number of nitrogens with zero attached hydrogens (tertiary/aromatic N) is 5. The first kappa shape index (κ1) is 15.1. The van der Waals surface area contributed by atoms with Crippen molar-refractivity contribution in [1.82, 2.24) is 24.1 Å². The highest BCUT2D eigenvalue weighted by Gasteiger charge is 2.28. The van der Waals surface area contributed by atoms with Crippen LogP contribution in [0.1, 0.15) is 31.5 Å². The molecule has 5 nitrogen and oxygen atoms in total. The van der Waals surface area contributed by atoms with Gasteiger partial charge in [-0.05, 0) is 67.3 Å². The monoisotopic (exact) mass is 363 g/mol. The zero-order valence-electron chi connectivity index (χ0n) is 12.4. The van der Waals surface area contributed by atoms with Gasteiger partial charge in [-0.1, -0.05) is 11.6 Å². The van der Waals surface area contributed by atoms with E-state index in [-0.39, 0.29) is 0 Å². The van der Waals surface area contributed by atoms with Crippen LogP contribution in [0.3, 0.4) is 0 Å². The molecule has 1 aromatic carbocycles. The van der Waals surface area contributed by atoms with Crippen LogP contribution in [0.4, 0.5) is 0 Å². The molecule has 0 bridgehead atoms. The fourth-order valence-electron chi connectivity index (χ4n) is 2.31. The van der Waals surface area contributed by atoms with E-state index in [1.54, 1.807) is 0 Å². The predicted molar refractivity (Wildman–Crippen MR) is 92.1 cm³/mol. The summed E-state index contributed by atoms with van der Waals surface area (Å²) in [5, 5.41) is 10.2. The molecule has 0 unspecified atom stereocenters. The molecule has 0 aliphatic heterocycles. The van der Waals surface area contributed by atoms with Crippen LogP contribution in [0, 0.1) is 0 Å². The highest BCUT2D eigenvalue weighted by Crippen LogP contribution is 2.40. The SMILES string of the molecule is CCn1c(Sc2nc(C3CC3)ns2)nnc1-c1ccc(Cl)cc1. The van der Waals surface area contributed by atoms with Crippen LogP contribution in [0.25, 0.3) is 11.4 Å². The highest BCUT2D eigenvalue weighted by molar-refractivity contribution is 8.00. The van der Waals surface area contributed by atoms with Gasteiger partial charge in [0.15, 0.2) is 15.3 Å². The summed E-state index contributed by atoms with van der Waals surface area (Å²) < 4.78 is 7.46. The Labute approximate surface area is 147 Å². The second-order valence-electron chi connectivity index (χ2n) is 5.35. The molecule has 8 heteroatoms. The zero-order valence-corrected chi connectivity index (χ0v) is 14.8. The van der Waals surface area contributed by atoms with E-state index in [0.29, 0.717) is 10.9 Å². The number of hydrogen-bond acceptors (Lipinski definition) is 6. The van der Waals surface area contributed by atoms with Crippen LogP contribution in [0.2, 0.25) is 5.02 Å². The molecule has 1 aliphatic carbocycles. The van der Waals surface area contributed by atoms with Crippen molar-refractivity contribution in [3.63, 3.8) is 0 Å². The van der Waals surface area contributed by atoms with Gasteiger partial charge in [-0.3, -0.25) is 0 Å². The number of halogens is 1. The van der Waals surface area contributed by atoms with Gasteiger partial charge in [0, 0.05) is 23.0 Å². The van der Waals surface area contributed by atoms with Gasteiger partial charge >= 0.3 is 0 Å². The quantitative estimate of drug-likeness (QED) is 0.668. The maximum Gasteiger partial charge on any atom is 0.198 e. The lowest BCUT2D eigenvalue weighted by atomic mass is 10.2. The number of hydrogen-bond donors (Lipinski definition) is 0. The molecule has 1 fully saturated rings. The molecule has 0 N–H and O–H groups in total. The number of aromatic nitrogens is 5. The molecule has 118 valence electrons. The minimum Gasteiger partial charge on any atom is -0.302 e. The van der Waals surface area contributed by atoms with Gasteiger partial charge < -0.3 is 4.57 Å². The lowest BCUT2D eigenvalue weighted by Crippen LogP contribution is -1.99. The van der Waals surface area contributed by atoms with E-state index in [2.05, 4.69) is 31.0 Å². The lowest BCUT2D eigenvalue weighted by molar-refractivity contribution is 0.687. The molecular weight excluding hydrogens is 350 g/mol. The third-order valence-electron chi connectivity index (χ3n) is 3.68. The molecule has 0 amide bonds. The summed E-state index contributed by atoms with van der Waals surface area (Å²) in [5.74, 6) is 2.41. The van der Waals surface area contributed by atoms with Gasteiger partial charge in [-0.25, -0.2) is 4.98 Å². The van der Waals surface area contributed by atoms with Crippen molar-refractivity contribution < 1.29 is 0 Å². The standard InChI is InChI=1S/C15H14ClN5S2/c1-2-21-13(10-5-7-11(16)8-6-10)18-19-14(21)22-15-17-12(20-23-15)9-3-4-9/h5-9H,2-4H2,1H3. The molecule has 0 radical (unpaired) electrons. The molecule has 2 heterocycles. The lowest BCUT2D eigenvalue weighted by Gasteiger charge is -2.06. The molecule has 0 saturated heterocycles. The van der Waals surface area contributed by atoms with Crippen molar-refractivity contribution in [2.45, 2.75) is 41.7 Å². The molecule has 1 aliphatic rings. The van der Waals surface area contributed by atoms with Crippen molar-refractivity contribution in [2.24, 2.45) is 0 Å². The summed E-state index contributed by atoms with van der Waals surface area (Å²) in [6, 6.07) is 7.66. The third kappa shape index (κ3) is 3.13. The van der Waals surface area contributed by atoms with Crippen molar-refractivity contribution in [3.8, 4) is 11.4 Å². The van der Waals surface area contributed by atoms with Crippen LogP contribution in [0.15, 0.2) is 33.8 Å². The maximum atomic E-state index is 5.96. The Morgan fingerprint density at radius 1 is 1.26 bits per heavy atom. The summed E-state index contributed by atoms with van der Waals surface area (Å²) in [7, 11) is 0. The molecule has 23 heavy (non-hydrogen) atoms. The van der Waals surface area contributed by atoms with E-state index < -0.39 is 0 Å². The first-order valence-electron chi connectivity index (χ1n) is 7.45. The van der Waals surface area contributed by atoms with E-state index in [4.69, 9.17) is 11.6 Å². The Kier molecular flexibility index (Phi) is 4.09. The van der Waals surface area contributed by atoms with Gasteiger partial charge in [0.1, 0.15) is 5.82 Å². The third-order valence-corrected chi connectivity index (χ3v) is 5.68. The van der Waals surface area contributed by atoms with Crippen LogP contribution in [-0.4, -0.2) is 24.1 Å². The largest absolute Gasteiger partial charge is 0.302 e. The van der Waals surface area contributed by atoms with Gasteiger partial charge in [0.25, 0.3) is 0 Å². The first-order valence-corrected chi connectivity index (χ1v) is 9.42. The molecular formula is C15H14ClN5S2. The van der Waals surface area contributed by atoms with E-state index in [9.17, 15) is 0 Å².